The highest BCUT2D eigenvalue weighted by Crippen LogP contribution is 2.22. The topological polar surface area (TPSA) is 83.0 Å². The second kappa shape index (κ2) is 3.36. The van der Waals surface area contributed by atoms with Crippen molar-refractivity contribution in [1.29, 1.82) is 0 Å². The molecule has 0 unspecified atom stereocenters. The van der Waals surface area contributed by atoms with Gasteiger partial charge in [0, 0.05) is 5.39 Å². The van der Waals surface area contributed by atoms with E-state index in [9.17, 15) is 9.59 Å². The summed E-state index contributed by atoms with van der Waals surface area (Å²) in [6, 6.07) is 2.87. The minimum atomic E-state index is -1.09. The zero-order valence-corrected chi connectivity index (χ0v) is 8.08. The summed E-state index contributed by atoms with van der Waals surface area (Å²) >= 11 is 5.76. The lowest BCUT2D eigenvalue weighted by molar-refractivity contribution is 0.0691. The van der Waals surface area contributed by atoms with E-state index in [2.05, 4.69) is 9.97 Å². The fraction of sp³-hybridized carbons (Fsp3) is 0. The van der Waals surface area contributed by atoms with Crippen molar-refractivity contribution < 1.29 is 14.7 Å². The van der Waals surface area contributed by atoms with Crippen molar-refractivity contribution in [1.82, 2.24) is 9.97 Å². The van der Waals surface area contributed by atoms with Crippen molar-refractivity contribution in [3.63, 3.8) is 0 Å². The molecule has 0 aliphatic rings. The average Bonchev–Trinajstić information content (AvgIpc) is 2.61. The van der Waals surface area contributed by atoms with Crippen LogP contribution in [0.4, 0.5) is 0 Å². The number of pyridine rings is 1. The van der Waals surface area contributed by atoms with Gasteiger partial charge in [0.25, 0.3) is 0 Å². The van der Waals surface area contributed by atoms with Crippen LogP contribution in [0.1, 0.15) is 21.0 Å². The molecular formula is C9H5ClN2O3. The van der Waals surface area contributed by atoms with Crippen molar-refractivity contribution in [2.75, 3.05) is 0 Å². The number of carboxylic acid groups (broad SMARTS) is 1. The van der Waals surface area contributed by atoms with Gasteiger partial charge in [-0.15, -0.1) is 0 Å². The van der Waals surface area contributed by atoms with Gasteiger partial charge < -0.3 is 10.1 Å². The number of aldehydes is 1. The smallest absolute Gasteiger partial charge is 0.352 e. The van der Waals surface area contributed by atoms with Gasteiger partial charge in [0.1, 0.15) is 11.4 Å². The molecule has 2 aromatic rings. The van der Waals surface area contributed by atoms with Crippen LogP contribution >= 0.6 is 11.6 Å². The predicted molar refractivity (Wildman–Crippen MR) is 53.5 cm³/mol. The Morgan fingerprint density at radius 3 is 2.87 bits per heavy atom. The molecule has 15 heavy (non-hydrogen) atoms. The Hall–Kier alpha value is -1.88. The minimum absolute atomic E-state index is 0.0109. The molecule has 2 heterocycles. The number of carboxylic acids is 1. The van der Waals surface area contributed by atoms with Crippen LogP contribution in [0.3, 0.4) is 0 Å². The van der Waals surface area contributed by atoms with Crippen LogP contribution in [0.2, 0.25) is 5.15 Å². The molecule has 0 saturated carbocycles. The van der Waals surface area contributed by atoms with Crippen LogP contribution in [0, 0.1) is 0 Å². The fourth-order valence-corrected chi connectivity index (χ4v) is 1.55. The second-order valence-corrected chi connectivity index (χ2v) is 3.27. The van der Waals surface area contributed by atoms with Crippen LogP contribution in [0.25, 0.3) is 10.9 Å². The molecule has 5 nitrogen and oxygen atoms in total. The molecule has 2 aromatic heterocycles. The second-order valence-electron chi connectivity index (χ2n) is 2.91. The first-order valence-corrected chi connectivity index (χ1v) is 4.37. The number of aromatic carboxylic acids is 1. The van der Waals surface area contributed by atoms with E-state index in [-0.39, 0.29) is 16.5 Å². The molecule has 0 spiro atoms. The van der Waals surface area contributed by atoms with Gasteiger partial charge in [-0.05, 0) is 12.1 Å². The third kappa shape index (κ3) is 1.57. The van der Waals surface area contributed by atoms with Gasteiger partial charge in [-0.3, -0.25) is 4.79 Å². The minimum Gasteiger partial charge on any atom is -0.477 e. The lowest BCUT2D eigenvalue weighted by atomic mass is 10.2. The molecule has 0 fully saturated rings. The monoisotopic (exact) mass is 224 g/mol. The number of aromatic amines is 1. The number of halogens is 1. The van der Waals surface area contributed by atoms with E-state index < -0.39 is 5.97 Å². The van der Waals surface area contributed by atoms with Crippen LogP contribution in [-0.2, 0) is 0 Å². The molecule has 76 valence electrons. The van der Waals surface area contributed by atoms with Gasteiger partial charge >= 0.3 is 5.97 Å². The molecule has 2 N–H and O–H groups in total. The summed E-state index contributed by atoms with van der Waals surface area (Å²) < 4.78 is 0. The first kappa shape index (κ1) is 9.67. The maximum atomic E-state index is 10.7. The number of nitrogens with zero attached hydrogens (tertiary/aromatic N) is 1. The number of rotatable bonds is 2. The first-order valence-electron chi connectivity index (χ1n) is 3.99. The van der Waals surface area contributed by atoms with Crippen molar-refractivity contribution >= 4 is 34.8 Å². The van der Waals surface area contributed by atoms with Gasteiger partial charge in [0.15, 0.2) is 11.4 Å². The Balaban J connectivity index is 2.75. The first-order chi connectivity index (χ1) is 7.11. The summed E-state index contributed by atoms with van der Waals surface area (Å²) in [7, 11) is 0. The Morgan fingerprint density at radius 1 is 1.53 bits per heavy atom. The van der Waals surface area contributed by atoms with Gasteiger partial charge in [-0.1, -0.05) is 11.6 Å². The molecule has 0 aliphatic carbocycles. The summed E-state index contributed by atoms with van der Waals surface area (Å²) in [6.45, 7) is 0. The molecule has 0 radical (unpaired) electrons. The summed E-state index contributed by atoms with van der Waals surface area (Å²) in [5.74, 6) is -1.09. The highest BCUT2D eigenvalue weighted by molar-refractivity contribution is 6.34. The molecule has 0 aromatic carbocycles. The van der Waals surface area contributed by atoms with Gasteiger partial charge in [-0.25, -0.2) is 9.78 Å². The third-order valence-corrected chi connectivity index (χ3v) is 2.21. The van der Waals surface area contributed by atoms with Gasteiger partial charge in [-0.2, -0.15) is 0 Å². The lowest BCUT2D eigenvalue weighted by Crippen LogP contribution is -1.94. The van der Waals surface area contributed by atoms with E-state index in [4.69, 9.17) is 16.7 Å². The number of fused-ring (bicyclic) bond motifs is 1. The average molecular weight is 225 g/mol. The number of hydrogen-bond donors (Lipinski definition) is 2. The van der Waals surface area contributed by atoms with Crippen LogP contribution in [0.15, 0.2) is 12.1 Å². The van der Waals surface area contributed by atoms with Gasteiger partial charge in [0.05, 0.1) is 5.52 Å². The summed E-state index contributed by atoms with van der Waals surface area (Å²) in [4.78, 5) is 27.5. The SMILES string of the molecule is O=Cc1cc2cc(C(=O)O)[nH]c2c(Cl)n1. The Morgan fingerprint density at radius 2 is 2.27 bits per heavy atom. The van der Waals surface area contributed by atoms with Crippen molar-refractivity contribution in [2.45, 2.75) is 0 Å². The van der Waals surface area contributed by atoms with Crippen LogP contribution in [-0.4, -0.2) is 27.3 Å². The van der Waals surface area contributed by atoms with E-state index in [0.29, 0.717) is 17.2 Å². The highest BCUT2D eigenvalue weighted by Gasteiger charge is 2.11. The zero-order valence-electron chi connectivity index (χ0n) is 7.32. The number of aromatic nitrogens is 2. The van der Waals surface area contributed by atoms with E-state index >= 15 is 0 Å². The number of hydrogen-bond acceptors (Lipinski definition) is 3. The van der Waals surface area contributed by atoms with Crippen molar-refractivity contribution in [3.8, 4) is 0 Å². The Bertz CT molecular complexity index is 562. The summed E-state index contributed by atoms with van der Waals surface area (Å²) in [5.41, 5.74) is 0.597. The molecule has 0 bridgehead atoms. The molecule has 0 aliphatic heterocycles. The normalized spacial score (nSPS) is 10.5. The summed E-state index contributed by atoms with van der Waals surface area (Å²) in [6.07, 6.45) is 0.554. The molecular weight excluding hydrogens is 220 g/mol. The molecule has 0 atom stereocenters. The predicted octanol–water partition coefficient (Wildman–Crippen LogP) is 1.73. The largest absolute Gasteiger partial charge is 0.477 e. The Labute approximate surface area is 88.7 Å². The van der Waals surface area contributed by atoms with E-state index in [0.717, 1.165) is 0 Å². The standard InChI is InChI=1S/C9H5ClN2O3/c10-8-7-4(1-5(3-13)11-8)2-6(12-7)9(14)15/h1-3,12H,(H,14,15). The number of nitrogens with one attached hydrogen (secondary N) is 1. The number of H-pyrrole nitrogens is 1. The van der Waals surface area contributed by atoms with Crippen LogP contribution < -0.4 is 0 Å². The zero-order chi connectivity index (χ0) is 11.0. The van der Waals surface area contributed by atoms with E-state index in [1.165, 1.54) is 12.1 Å². The maximum Gasteiger partial charge on any atom is 0.352 e. The maximum absolute atomic E-state index is 10.7. The van der Waals surface area contributed by atoms with E-state index in [1.54, 1.807) is 0 Å². The quantitative estimate of drug-likeness (QED) is 0.601. The van der Waals surface area contributed by atoms with E-state index in [1.807, 2.05) is 0 Å². The molecule has 6 heteroatoms. The van der Waals surface area contributed by atoms with Crippen molar-refractivity contribution in [3.05, 3.63) is 28.7 Å². The third-order valence-electron chi connectivity index (χ3n) is 1.94. The van der Waals surface area contributed by atoms with Crippen LogP contribution in [0.5, 0.6) is 0 Å². The lowest BCUT2D eigenvalue weighted by Gasteiger charge is -1.94. The fourth-order valence-electron chi connectivity index (χ4n) is 1.29. The van der Waals surface area contributed by atoms with Crippen molar-refractivity contribution in [2.24, 2.45) is 0 Å². The number of carbonyl (C=O) groups excluding carboxylic acids is 1. The molecule has 0 saturated heterocycles. The Kier molecular flexibility index (Phi) is 2.17. The summed E-state index contributed by atoms with van der Waals surface area (Å²) in [5, 5.41) is 9.37. The molecule has 0 amide bonds. The molecule has 2 rings (SSSR count). The number of carbonyl (C=O) groups is 2. The van der Waals surface area contributed by atoms with Gasteiger partial charge in [0.2, 0.25) is 0 Å². The highest BCUT2D eigenvalue weighted by atomic mass is 35.5.